The zero-order chi connectivity index (χ0) is 42.4. The highest BCUT2D eigenvalue weighted by molar-refractivity contribution is 5.71. The van der Waals surface area contributed by atoms with Crippen LogP contribution in [0.1, 0.15) is 291 Å². The second-order valence-electron chi connectivity index (χ2n) is 18.3. The highest BCUT2D eigenvalue weighted by Crippen LogP contribution is 2.17. The van der Waals surface area contributed by atoms with Crippen molar-refractivity contribution in [1.29, 1.82) is 0 Å². The van der Waals surface area contributed by atoms with Gasteiger partial charge < -0.3 is 14.2 Å². The van der Waals surface area contributed by atoms with E-state index < -0.39 is 6.10 Å². The Hall–Kier alpha value is -1.59. The van der Waals surface area contributed by atoms with E-state index >= 15 is 0 Å². The Bertz CT molecular complexity index is 872. The smallest absolute Gasteiger partial charge is 0.306 e. The van der Waals surface area contributed by atoms with Crippen molar-refractivity contribution < 1.29 is 28.6 Å². The molecule has 58 heavy (non-hydrogen) atoms. The van der Waals surface area contributed by atoms with Crippen LogP contribution in [0.5, 0.6) is 0 Å². The fraction of sp³-hybridized carbons (Fsp3) is 0.942. The lowest BCUT2D eigenvalue weighted by molar-refractivity contribution is -0.167. The number of hydrogen-bond acceptors (Lipinski definition) is 6. The van der Waals surface area contributed by atoms with E-state index in [1.165, 1.54) is 180 Å². The number of esters is 3. The molecule has 1 atom stereocenters. The first-order valence-corrected chi connectivity index (χ1v) is 25.9. The topological polar surface area (TPSA) is 78.9 Å². The van der Waals surface area contributed by atoms with E-state index in [4.69, 9.17) is 14.2 Å². The molecule has 344 valence electrons. The van der Waals surface area contributed by atoms with Gasteiger partial charge in [-0.25, -0.2) is 0 Å². The van der Waals surface area contributed by atoms with Gasteiger partial charge in [0.15, 0.2) is 6.10 Å². The minimum atomic E-state index is -0.759. The molecule has 0 aliphatic carbocycles. The minimum absolute atomic E-state index is 0.0638. The molecule has 0 unspecified atom stereocenters. The molecule has 0 spiro atoms. The molecule has 0 aromatic rings. The third kappa shape index (κ3) is 45.5. The van der Waals surface area contributed by atoms with Crippen LogP contribution in [-0.2, 0) is 28.6 Å². The largest absolute Gasteiger partial charge is 0.462 e. The predicted molar refractivity (Wildman–Crippen MR) is 247 cm³/mol. The molecule has 0 saturated carbocycles. The third-order valence-corrected chi connectivity index (χ3v) is 11.8. The van der Waals surface area contributed by atoms with Crippen molar-refractivity contribution in [2.45, 2.75) is 297 Å². The molecule has 0 N–H and O–H groups in total. The average molecular weight is 821 g/mol. The second kappa shape index (κ2) is 46.5. The molecule has 6 nitrogen and oxygen atoms in total. The Morgan fingerprint density at radius 2 is 0.569 bits per heavy atom. The average Bonchev–Trinajstić information content (AvgIpc) is 3.21. The molecule has 0 fully saturated rings. The number of ether oxygens (including phenoxy) is 3. The standard InChI is InChI=1S/C52H100O6/c1-5-7-9-11-12-13-14-15-16-17-18-19-23-26-29-32-36-40-44-51(54)57-47-49(46-56-50(53)43-39-34-10-8-6-2)58-52(55)45-41-37-33-30-27-24-21-20-22-25-28-31-35-38-42-48(3)4/h48-49H,5-47H2,1-4H3/t49-/m0/s1. The van der Waals surface area contributed by atoms with Crippen LogP contribution in [0.3, 0.4) is 0 Å². The lowest BCUT2D eigenvalue weighted by atomic mass is 10.0. The van der Waals surface area contributed by atoms with Gasteiger partial charge >= 0.3 is 17.9 Å². The Labute approximate surface area is 361 Å². The summed E-state index contributed by atoms with van der Waals surface area (Å²) < 4.78 is 16.7. The maximum Gasteiger partial charge on any atom is 0.306 e. The quantitative estimate of drug-likeness (QED) is 0.0346. The van der Waals surface area contributed by atoms with E-state index in [1.807, 2.05) is 0 Å². The lowest BCUT2D eigenvalue weighted by Gasteiger charge is -2.18. The van der Waals surface area contributed by atoms with Gasteiger partial charge in [-0.3, -0.25) is 14.4 Å². The van der Waals surface area contributed by atoms with E-state index in [9.17, 15) is 14.4 Å². The number of unbranched alkanes of at least 4 members (excludes halogenated alkanes) is 34. The summed E-state index contributed by atoms with van der Waals surface area (Å²) >= 11 is 0. The maximum atomic E-state index is 12.7. The van der Waals surface area contributed by atoms with Crippen LogP contribution in [0.2, 0.25) is 0 Å². The predicted octanol–water partition coefficient (Wildman–Crippen LogP) is 16.7. The zero-order valence-corrected chi connectivity index (χ0v) is 39.5. The summed E-state index contributed by atoms with van der Waals surface area (Å²) in [6.07, 6.45) is 48.4. The Morgan fingerprint density at radius 3 is 0.845 bits per heavy atom. The molecule has 0 saturated heterocycles. The monoisotopic (exact) mass is 821 g/mol. The van der Waals surface area contributed by atoms with Crippen molar-refractivity contribution in [3.8, 4) is 0 Å². The summed E-state index contributed by atoms with van der Waals surface area (Å²) in [6.45, 7) is 8.96. The summed E-state index contributed by atoms with van der Waals surface area (Å²) in [7, 11) is 0. The minimum Gasteiger partial charge on any atom is -0.462 e. The Morgan fingerprint density at radius 1 is 0.328 bits per heavy atom. The molecule has 6 heteroatoms. The number of carbonyl (C=O) groups excluding carboxylic acids is 3. The van der Waals surface area contributed by atoms with Crippen LogP contribution in [0.25, 0.3) is 0 Å². The van der Waals surface area contributed by atoms with Gasteiger partial charge in [0.2, 0.25) is 0 Å². The van der Waals surface area contributed by atoms with E-state index in [0.717, 1.165) is 70.1 Å². The van der Waals surface area contributed by atoms with Crippen molar-refractivity contribution in [2.24, 2.45) is 5.92 Å². The normalized spacial score (nSPS) is 11.9. The molecule has 0 amide bonds. The maximum absolute atomic E-state index is 12.7. The van der Waals surface area contributed by atoms with Gasteiger partial charge in [-0.2, -0.15) is 0 Å². The van der Waals surface area contributed by atoms with E-state index in [0.29, 0.717) is 19.3 Å². The first-order valence-electron chi connectivity index (χ1n) is 25.9. The molecule has 0 radical (unpaired) electrons. The summed E-state index contributed by atoms with van der Waals surface area (Å²) in [5.41, 5.74) is 0. The molecule has 0 rings (SSSR count). The van der Waals surface area contributed by atoms with E-state index in [-0.39, 0.29) is 31.1 Å². The van der Waals surface area contributed by atoms with Gasteiger partial charge in [-0.1, -0.05) is 252 Å². The van der Waals surface area contributed by atoms with Crippen LogP contribution in [-0.4, -0.2) is 37.2 Å². The van der Waals surface area contributed by atoms with E-state index in [2.05, 4.69) is 27.7 Å². The second-order valence-corrected chi connectivity index (χ2v) is 18.3. The van der Waals surface area contributed by atoms with Gasteiger partial charge in [0.1, 0.15) is 13.2 Å². The van der Waals surface area contributed by atoms with Crippen molar-refractivity contribution in [2.75, 3.05) is 13.2 Å². The van der Waals surface area contributed by atoms with Crippen LogP contribution in [0, 0.1) is 5.92 Å². The van der Waals surface area contributed by atoms with Crippen LogP contribution in [0.15, 0.2) is 0 Å². The number of rotatable bonds is 47. The molecule has 0 aliphatic rings. The molecule has 0 heterocycles. The summed E-state index contributed by atoms with van der Waals surface area (Å²) in [5, 5.41) is 0. The van der Waals surface area contributed by atoms with Crippen molar-refractivity contribution in [3.63, 3.8) is 0 Å². The fourth-order valence-corrected chi connectivity index (χ4v) is 7.86. The Balaban J connectivity index is 4.10. The number of carbonyl (C=O) groups is 3. The van der Waals surface area contributed by atoms with Crippen molar-refractivity contribution in [1.82, 2.24) is 0 Å². The number of hydrogen-bond donors (Lipinski definition) is 0. The summed E-state index contributed by atoms with van der Waals surface area (Å²) in [5.74, 6) is -0.0158. The lowest BCUT2D eigenvalue weighted by Crippen LogP contribution is -2.30. The highest BCUT2D eigenvalue weighted by Gasteiger charge is 2.19. The summed E-state index contributed by atoms with van der Waals surface area (Å²) in [6, 6.07) is 0. The molecule has 0 aliphatic heterocycles. The SMILES string of the molecule is CCCCCCCCCCCCCCCCCCCCC(=O)OC[C@H](COC(=O)CCCCCCC)OC(=O)CCCCCCCCCCCCCCCCC(C)C. The third-order valence-electron chi connectivity index (χ3n) is 11.8. The molecule has 0 aromatic carbocycles. The van der Waals surface area contributed by atoms with Gasteiger partial charge in [0, 0.05) is 19.3 Å². The van der Waals surface area contributed by atoms with Crippen LogP contribution < -0.4 is 0 Å². The highest BCUT2D eigenvalue weighted by atomic mass is 16.6. The molecular formula is C52H100O6. The van der Waals surface area contributed by atoms with Crippen LogP contribution in [0.4, 0.5) is 0 Å². The van der Waals surface area contributed by atoms with E-state index in [1.54, 1.807) is 0 Å². The first kappa shape index (κ1) is 56.4. The van der Waals surface area contributed by atoms with Crippen LogP contribution >= 0.6 is 0 Å². The fourth-order valence-electron chi connectivity index (χ4n) is 7.86. The van der Waals surface area contributed by atoms with Gasteiger partial charge in [0.25, 0.3) is 0 Å². The van der Waals surface area contributed by atoms with Crippen molar-refractivity contribution >= 4 is 17.9 Å². The Kier molecular flexibility index (Phi) is 45.2. The van der Waals surface area contributed by atoms with Gasteiger partial charge in [0.05, 0.1) is 0 Å². The van der Waals surface area contributed by atoms with Gasteiger partial charge in [-0.15, -0.1) is 0 Å². The van der Waals surface area contributed by atoms with Gasteiger partial charge in [-0.05, 0) is 25.2 Å². The molecule has 0 aromatic heterocycles. The zero-order valence-electron chi connectivity index (χ0n) is 39.5. The van der Waals surface area contributed by atoms with Crippen molar-refractivity contribution in [3.05, 3.63) is 0 Å². The first-order chi connectivity index (χ1) is 28.4. The summed E-state index contributed by atoms with van der Waals surface area (Å²) in [4.78, 5) is 37.6. The molecular weight excluding hydrogens is 721 g/mol. The molecule has 0 bridgehead atoms.